The number of hydrogen-bond acceptors (Lipinski definition) is 3. The molecule has 0 aromatic carbocycles. The van der Waals surface area contributed by atoms with Crippen LogP contribution in [0.3, 0.4) is 0 Å². The van der Waals surface area contributed by atoms with Gasteiger partial charge in [0.15, 0.2) is 0 Å². The van der Waals surface area contributed by atoms with Gasteiger partial charge >= 0.3 is 8.60 Å². The second-order valence-corrected chi connectivity index (χ2v) is 5.56. The highest BCUT2D eigenvalue weighted by atomic mass is 35.5. The van der Waals surface area contributed by atoms with Gasteiger partial charge in [-0.25, -0.2) is 0 Å². The van der Waals surface area contributed by atoms with Gasteiger partial charge in [-0.05, 0) is 12.8 Å². The maximum Gasteiger partial charge on any atom is 0.333 e. The summed E-state index contributed by atoms with van der Waals surface area (Å²) < 4.78 is 16.7. The second-order valence-electron chi connectivity index (χ2n) is 3.63. The summed E-state index contributed by atoms with van der Waals surface area (Å²) in [7, 11) is -1.26. The first-order valence-corrected chi connectivity index (χ1v) is 7.88. The van der Waals surface area contributed by atoms with E-state index < -0.39 is 8.60 Å². The molecule has 0 radical (unpaired) electrons. The summed E-state index contributed by atoms with van der Waals surface area (Å²) in [6.45, 7) is 0.921. The third-order valence-electron chi connectivity index (χ3n) is 2.34. The summed E-state index contributed by atoms with van der Waals surface area (Å²) in [5.41, 5.74) is 0. The Balaban J connectivity index is 2.23. The number of halogens is 2. The molecule has 0 unspecified atom stereocenters. The van der Waals surface area contributed by atoms with Gasteiger partial charge in [0.2, 0.25) is 0 Å². The van der Waals surface area contributed by atoms with Crippen LogP contribution in [0.4, 0.5) is 0 Å². The van der Waals surface area contributed by atoms with Crippen molar-refractivity contribution < 1.29 is 13.6 Å². The van der Waals surface area contributed by atoms with Gasteiger partial charge in [0.05, 0.1) is 19.3 Å². The van der Waals surface area contributed by atoms with Crippen LogP contribution in [0, 0.1) is 0 Å². The molecule has 0 aromatic rings. The van der Waals surface area contributed by atoms with Gasteiger partial charge in [-0.15, -0.1) is 23.2 Å². The smallest absolute Gasteiger partial charge is 0.311 e. The molecule has 1 aliphatic rings. The molecule has 3 nitrogen and oxygen atoms in total. The van der Waals surface area contributed by atoms with E-state index in [1.165, 1.54) is 19.3 Å². The van der Waals surface area contributed by atoms with Gasteiger partial charge < -0.3 is 13.6 Å². The zero-order valence-electron chi connectivity index (χ0n) is 9.37. The normalized spacial score (nSPS) is 18.2. The maximum absolute atomic E-state index is 5.80. The van der Waals surface area contributed by atoms with Gasteiger partial charge in [0.25, 0.3) is 0 Å². The summed E-state index contributed by atoms with van der Waals surface area (Å²) >= 11 is 11.1. The highest BCUT2D eigenvalue weighted by Crippen LogP contribution is 2.43. The lowest BCUT2D eigenvalue weighted by Gasteiger charge is -2.25. The van der Waals surface area contributed by atoms with Gasteiger partial charge in [0.1, 0.15) is 0 Å². The first-order valence-electron chi connectivity index (χ1n) is 5.71. The minimum atomic E-state index is -1.26. The Hall–Kier alpha value is 0.890. The summed E-state index contributed by atoms with van der Waals surface area (Å²) in [5, 5.41) is 0. The van der Waals surface area contributed by atoms with Crippen LogP contribution in [0.5, 0.6) is 0 Å². The monoisotopic (exact) mass is 288 g/mol. The number of rotatable bonds is 8. The van der Waals surface area contributed by atoms with Crippen LogP contribution in [0.25, 0.3) is 0 Å². The zero-order valence-corrected chi connectivity index (χ0v) is 11.8. The van der Waals surface area contributed by atoms with Crippen molar-refractivity contribution in [3.63, 3.8) is 0 Å². The van der Waals surface area contributed by atoms with Gasteiger partial charge in [0, 0.05) is 11.8 Å². The van der Waals surface area contributed by atoms with Crippen LogP contribution in [-0.4, -0.2) is 31.1 Å². The van der Waals surface area contributed by atoms with Crippen molar-refractivity contribution in [2.75, 3.05) is 25.0 Å². The van der Waals surface area contributed by atoms with E-state index in [-0.39, 0.29) is 6.10 Å². The Morgan fingerprint density at radius 1 is 0.938 bits per heavy atom. The molecular weight excluding hydrogens is 270 g/mol. The minimum Gasteiger partial charge on any atom is -0.311 e. The van der Waals surface area contributed by atoms with Crippen molar-refractivity contribution in [1.82, 2.24) is 0 Å². The van der Waals surface area contributed by atoms with Crippen LogP contribution in [0.15, 0.2) is 0 Å². The SMILES string of the molecule is ClCCOP(OCCCl)OC1CCCCC1. The molecule has 0 aliphatic heterocycles. The van der Waals surface area contributed by atoms with Crippen LogP contribution >= 0.6 is 31.8 Å². The lowest BCUT2D eigenvalue weighted by molar-refractivity contribution is 0.100. The molecule has 0 aromatic heterocycles. The van der Waals surface area contributed by atoms with Crippen LogP contribution in [0.2, 0.25) is 0 Å². The molecular formula is C10H19Cl2O3P. The van der Waals surface area contributed by atoms with E-state index in [9.17, 15) is 0 Å². The van der Waals surface area contributed by atoms with Crippen molar-refractivity contribution >= 4 is 31.8 Å². The molecule has 0 saturated heterocycles. The third kappa shape index (κ3) is 6.58. The van der Waals surface area contributed by atoms with Crippen LogP contribution in [-0.2, 0) is 13.6 Å². The van der Waals surface area contributed by atoms with E-state index in [4.69, 9.17) is 36.8 Å². The Morgan fingerprint density at radius 3 is 2.00 bits per heavy atom. The molecule has 1 saturated carbocycles. The number of hydrogen-bond donors (Lipinski definition) is 0. The first-order chi connectivity index (χ1) is 7.86. The molecule has 0 heterocycles. The Kier molecular flexibility index (Phi) is 9.22. The molecule has 0 atom stereocenters. The number of alkyl halides is 2. The molecule has 0 N–H and O–H groups in total. The van der Waals surface area contributed by atoms with Crippen molar-refractivity contribution in [3.05, 3.63) is 0 Å². The van der Waals surface area contributed by atoms with Crippen molar-refractivity contribution in [1.29, 1.82) is 0 Å². The average Bonchev–Trinajstić information content (AvgIpc) is 2.34. The zero-order chi connectivity index (χ0) is 11.6. The molecule has 1 rings (SSSR count). The third-order valence-corrected chi connectivity index (χ3v) is 3.90. The molecule has 0 spiro atoms. The fraction of sp³-hybridized carbons (Fsp3) is 1.00. The second kappa shape index (κ2) is 9.87. The minimum absolute atomic E-state index is 0.283. The first kappa shape index (κ1) is 14.9. The van der Waals surface area contributed by atoms with Crippen molar-refractivity contribution in [3.8, 4) is 0 Å². The largest absolute Gasteiger partial charge is 0.333 e. The van der Waals surface area contributed by atoms with Gasteiger partial charge in [-0.3, -0.25) is 0 Å². The Labute approximate surface area is 109 Å². The molecule has 0 amide bonds. The summed E-state index contributed by atoms with van der Waals surface area (Å²) in [6, 6.07) is 0. The maximum atomic E-state index is 5.80. The molecule has 1 fully saturated rings. The van der Waals surface area contributed by atoms with Crippen molar-refractivity contribution in [2.24, 2.45) is 0 Å². The van der Waals surface area contributed by atoms with Gasteiger partial charge in [-0.2, -0.15) is 0 Å². The summed E-state index contributed by atoms with van der Waals surface area (Å²) in [5.74, 6) is 0.911. The highest BCUT2D eigenvalue weighted by molar-refractivity contribution is 7.41. The van der Waals surface area contributed by atoms with Crippen LogP contribution < -0.4 is 0 Å². The standard InChI is InChI=1S/C10H19Cl2O3P/c11-6-8-13-16(14-9-7-12)15-10-4-2-1-3-5-10/h10H,1-9H2. The highest BCUT2D eigenvalue weighted by Gasteiger charge is 2.21. The molecule has 1 aliphatic carbocycles. The molecule has 96 valence electrons. The van der Waals surface area contributed by atoms with Crippen LogP contribution in [0.1, 0.15) is 32.1 Å². The molecule has 6 heteroatoms. The van der Waals surface area contributed by atoms with E-state index in [1.54, 1.807) is 0 Å². The topological polar surface area (TPSA) is 27.7 Å². The lowest BCUT2D eigenvalue weighted by atomic mass is 9.98. The van der Waals surface area contributed by atoms with Crippen molar-refractivity contribution in [2.45, 2.75) is 38.2 Å². The van der Waals surface area contributed by atoms with E-state index in [2.05, 4.69) is 0 Å². The predicted molar refractivity (Wildman–Crippen MR) is 68.2 cm³/mol. The molecule has 0 bridgehead atoms. The fourth-order valence-electron chi connectivity index (χ4n) is 1.61. The Bertz CT molecular complexity index is 160. The molecule has 16 heavy (non-hydrogen) atoms. The lowest BCUT2D eigenvalue weighted by Crippen LogP contribution is -2.15. The van der Waals surface area contributed by atoms with E-state index in [1.807, 2.05) is 0 Å². The fourth-order valence-corrected chi connectivity index (χ4v) is 3.11. The van der Waals surface area contributed by atoms with Gasteiger partial charge in [-0.1, -0.05) is 19.3 Å². The predicted octanol–water partition coefficient (Wildman–Crippen LogP) is 4.07. The Morgan fingerprint density at radius 2 is 1.50 bits per heavy atom. The summed E-state index contributed by atoms with van der Waals surface area (Å²) in [4.78, 5) is 0. The summed E-state index contributed by atoms with van der Waals surface area (Å²) in [6.07, 6.45) is 6.27. The van der Waals surface area contributed by atoms with E-state index >= 15 is 0 Å². The van der Waals surface area contributed by atoms with E-state index in [0.717, 1.165) is 12.8 Å². The quantitative estimate of drug-likeness (QED) is 0.498. The average molecular weight is 289 g/mol. The van der Waals surface area contributed by atoms with E-state index in [0.29, 0.717) is 25.0 Å².